The van der Waals surface area contributed by atoms with E-state index in [1.165, 1.54) is 25.1 Å². The average molecular weight is 356 g/mol. The van der Waals surface area contributed by atoms with Gasteiger partial charge in [-0.3, -0.25) is 0 Å². The van der Waals surface area contributed by atoms with Gasteiger partial charge in [0.25, 0.3) is 0 Å². The maximum absolute atomic E-state index is 13.0. The lowest BCUT2D eigenvalue weighted by molar-refractivity contribution is 0.154. The highest BCUT2D eigenvalue weighted by Crippen LogP contribution is 2.21. The number of piperidine rings is 1. The molecule has 1 N–H and O–H groups in total. The van der Waals surface area contributed by atoms with Crippen LogP contribution in [0.4, 0.5) is 10.2 Å². The van der Waals surface area contributed by atoms with Crippen LogP contribution in [0.5, 0.6) is 0 Å². The Hall–Kier alpha value is -2.05. The third-order valence-corrected chi connectivity index (χ3v) is 5.28. The normalized spacial score (nSPS) is 21.8. The smallest absolute Gasteiger partial charge is 0.148 e. The van der Waals surface area contributed by atoms with Crippen LogP contribution in [0, 0.1) is 11.7 Å². The zero-order valence-corrected chi connectivity index (χ0v) is 14.9. The van der Waals surface area contributed by atoms with E-state index >= 15 is 0 Å². The molecule has 4 rings (SSSR count). The summed E-state index contributed by atoms with van der Waals surface area (Å²) in [6.45, 7) is 5.26. The first kappa shape index (κ1) is 17.4. The SMILES string of the molecule is Fc1ccc(-c2ccc(NC3CCN(CC4CCOC4)CC3)nn2)cc1. The monoisotopic (exact) mass is 356 g/mol. The lowest BCUT2D eigenvalue weighted by Gasteiger charge is -2.33. The second-order valence-electron chi connectivity index (χ2n) is 7.26. The number of ether oxygens (including phenoxy) is 1. The molecule has 0 radical (unpaired) electrons. The molecule has 2 fully saturated rings. The zero-order valence-electron chi connectivity index (χ0n) is 14.9. The maximum atomic E-state index is 13.0. The van der Waals surface area contributed by atoms with Gasteiger partial charge in [-0.25, -0.2) is 4.39 Å². The van der Waals surface area contributed by atoms with Crippen molar-refractivity contribution in [3.8, 4) is 11.3 Å². The summed E-state index contributed by atoms with van der Waals surface area (Å²) >= 11 is 0. The summed E-state index contributed by atoms with van der Waals surface area (Å²) in [4.78, 5) is 2.56. The largest absolute Gasteiger partial charge is 0.381 e. The zero-order chi connectivity index (χ0) is 17.8. The lowest BCUT2D eigenvalue weighted by Crippen LogP contribution is -2.41. The second-order valence-corrected chi connectivity index (χ2v) is 7.26. The molecule has 1 aromatic carbocycles. The van der Waals surface area contributed by atoms with E-state index in [-0.39, 0.29) is 5.82 Å². The number of nitrogens with zero attached hydrogens (tertiary/aromatic N) is 3. The van der Waals surface area contributed by atoms with Crippen LogP contribution in [0.1, 0.15) is 19.3 Å². The van der Waals surface area contributed by atoms with Crippen molar-refractivity contribution in [3.05, 3.63) is 42.2 Å². The highest BCUT2D eigenvalue weighted by Gasteiger charge is 2.24. The molecule has 6 heteroatoms. The summed E-state index contributed by atoms with van der Waals surface area (Å²) in [7, 11) is 0. The molecular formula is C20H25FN4O. The number of likely N-dealkylation sites (tertiary alicyclic amines) is 1. The number of benzene rings is 1. The van der Waals surface area contributed by atoms with Crippen molar-refractivity contribution in [3.63, 3.8) is 0 Å². The minimum absolute atomic E-state index is 0.244. The Balaban J connectivity index is 1.27. The van der Waals surface area contributed by atoms with E-state index in [9.17, 15) is 4.39 Å². The highest BCUT2D eigenvalue weighted by atomic mass is 19.1. The Kier molecular flexibility index (Phi) is 5.41. The molecule has 1 atom stereocenters. The molecule has 0 saturated carbocycles. The summed E-state index contributed by atoms with van der Waals surface area (Å²) < 4.78 is 18.5. The fourth-order valence-electron chi connectivity index (χ4n) is 3.75. The van der Waals surface area contributed by atoms with E-state index < -0.39 is 0 Å². The topological polar surface area (TPSA) is 50.3 Å². The average Bonchev–Trinajstić information content (AvgIpc) is 3.18. The van der Waals surface area contributed by atoms with E-state index in [1.54, 1.807) is 12.1 Å². The predicted octanol–water partition coefficient (Wildman–Crippen LogP) is 3.20. The van der Waals surface area contributed by atoms with Crippen LogP contribution in [-0.2, 0) is 4.74 Å². The summed E-state index contributed by atoms with van der Waals surface area (Å²) in [6, 6.07) is 10.6. The van der Waals surface area contributed by atoms with Gasteiger partial charge in [0, 0.05) is 37.8 Å². The fraction of sp³-hybridized carbons (Fsp3) is 0.500. The van der Waals surface area contributed by atoms with E-state index in [1.807, 2.05) is 12.1 Å². The third-order valence-electron chi connectivity index (χ3n) is 5.28. The van der Waals surface area contributed by atoms with Crippen molar-refractivity contribution in [1.82, 2.24) is 15.1 Å². The third kappa shape index (κ3) is 4.37. The minimum Gasteiger partial charge on any atom is -0.381 e. The van der Waals surface area contributed by atoms with Crippen LogP contribution in [0.15, 0.2) is 36.4 Å². The van der Waals surface area contributed by atoms with Gasteiger partial charge in [0.1, 0.15) is 11.6 Å². The van der Waals surface area contributed by atoms with Gasteiger partial charge in [0.05, 0.1) is 12.3 Å². The molecule has 1 aromatic heterocycles. The van der Waals surface area contributed by atoms with E-state index in [0.717, 1.165) is 56.2 Å². The van der Waals surface area contributed by atoms with Crippen LogP contribution >= 0.6 is 0 Å². The molecule has 2 aromatic rings. The molecule has 0 spiro atoms. The summed E-state index contributed by atoms with van der Waals surface area (Å²) in [5.41, 5.74) is 1.62. The Morgan fingerprint density at radius 1 is 1.04 bits per heavy atom. The number of rotatable bonds is 5. The second kappa shape index (κ2) is 8.10. The van der Waals surface area contributed by atoms with Gasteiger partial charge >= 0.3 is 0 Å². The molecule has 0 bridgehead atoms. The quantitative estimate of drug-likeness (QED) is 0.892. The molecule has 138 valence electrons. The van der Waals surface area contributed by atoms with Gasteiger partial charge in [0.2, 0.25) is 0 Å². The van der Waals surface area contributed by atoms with Gasteiger partial charge < -0.3 is 15.0 Å². The lowest BCUT2D eigenvalue weighted by atomic mass is 10.0. The van der Waals surface area contributed by atoms with Crippen molar-refractivity contribution in [2.45, 2.75) is 25.3 Å². The van der Waals surface area contributed by atoms with Crippen molar-refractivity contribution in [2.75, 3.05) is 38.2 Å². The van der Waals surface area contributed by atoms with Crippen LogP contribution in [0.2, 0.25) is 0 Å². The van der Waals surface area contributed by atoms with Crippen molar-refractivity contribution in [1.29, 1.82) is 0 Å². The first-order valence-electron chi connectivity index (χ1n) is 9.42. The van der Waals surface area contributed by atoms with E-state index in [4.69, 9.17) is 4.74 Å². The van der Waals surface area contributed by atoms with E-state index in [0.29, 0.717) is 12.0 Å². The van der Waals surface area contributed by atoms with Crippen molar-refractivity contribution >= 4 is 5.82 Å². The number of hydrogen-bond acceptors (Lipinski definition) is 5. The fourth-order valence-corrected chi connectivity index (χ4v) is 3.75. The Labute approximate surface area is 153 Å². The van der Waals surface area contributed by atoms with Crippen molar-refractivity contribution in [2.24, 2.45) is 5.92 Å². The van der Waals surface area contributed by atoms with Gasteiger partial charge in [0.15, 0.2) is 0 Å². The predicted molar refractivity (Wildman–Crippen MR) is 99.4 cm³/mol. The number of anilines is 1. The van der Waals surface area contributed by atoms with Crippen LogP contribution in [0.3, 0.4) is 0 Å². The van der Waals surface area contributed by atoms with Gasteiger partial charge in [-0.05, 0) is 61.6 Å². The molecular weight excluding hydrogens is 331 g/mol. The molecule has 1 unspecified atom stereocenters. The van der Waals surface area contributed by atoms with Gasteiger partial charge in [-0.15, -0.1) is 10.2 Å². The van der Waals surface area contributed by atoms with E-state index in [2.05, 4.69) is 20.4 Å². The van der Waals surface area contributed by atoms with Crippen LogP contribution in [0.25, 0.3) is 11.3 Å². The summed E-state index contributed by atoms with van der Waals surface area (Å²) in [5, 5.41) is 12.1. The standard InChI is InChI=1S/C20H25FN4O/c21-17-3-1-16(2-4-17)19-5-6-20(24-23-19)22-18-7-10-25(11-8-18)13-15-9-12-26-14-15/h1-6,15,18H,7-14H2,(H,22,24). The molecule has 0 aliphatic carbocycles. The Morgan fingerprint density at radius 3 is 2.50 bits per heavy atom. The highest BCUT2D eigenvalue weighted by molar-refractivity contribution is 5.59. The molecule has 0 amide bonds. The molecule has 3 heterocycles. The van der Waals surface area contributed by atoms with Gasteiger partial charge in [-0.1, -0.05) is 0 Å². The summed E-state index contributed by atoms with van der Waals surface area (Å²) in [6.07, 6.45) is 3.44. The number of halogens is 1. The maximum Gasteiger partial charge on any atom is 0.148 e. The van der Waals surface area contributed by atoms with Crippen LogP contribution in [-0.4, -0.2) is 54.0 Å². The first-order valence-corrected chi connectivity index (χ1v) is 9.42. The van der Waals surface area contributed by atoms with Crippen LogP contribution < -0.4 is 5.32 Å². The molecule has 2 aliphatic rings. The van der Waals surface area contributed by atoms with Gasteiger partial charge in [-0.2, -0.15) is 0 Å². The molecule has 2 saturated heterocycles. The van der Waals surface area contributed by atoms with Crippen molar-refractivity contribution < 1.29 is 9.13 Å². The molecule has 2 aliphatic heterocycles. The number of hydrogen-bond donors (Lipinski definition) is 1. The Morgan fingerprint density at radius 2 is 1.85 bits per heavy atom. The summed E-state index contributed by atoms with van der Waals surface area (Å²) in [5.74, 6) is 1.27. The molecule has 5 nitrogen and oxygen atoms in total. The first-order chi connectivity index (χ1) is 12.8. The number of aromatic nitrogens is 2. The minimum atomic E-state index is -0.244. The molecule has 26 heavy (non-hydrogen) atoms. The Bertz CT molecular complexity index is 693. The number of nitrogens with one attached hydrogen (secondary N) is 1.